The van der Waals surface area contributed by atoms with E-state index in [-0.39, 0.29) is 11.5 Å². The van der Waals surface area contributed by atoms with Gasteiger partial charge in [0, 0.05) is 35.6 Å². The number of hydrogen-bond donors (Lipinski definition) is 3. The van der Waals surface area contributed by atoms with Gasteiger partial charge in [0.05, 0.1) is 30.1 Å². The normalized spacial score (nSPS) is 12.1. The van der Waals surface area contributed by atoms with E-state index in [0.717, 1.165) is 16.6 Å². The molecule has 0 aliphatic rings. The maximum absolute atomic E-state index is 12.0. The van der Waals surface area contributed by atoms with Gasteiger partial charge in [-0.05, 0) is 31.0 Å². The van der Waals surface area contributed by atoms with E-state index in [1.54, 1.807) is 23.9 Å². The zero-order valence-corrected chi connectivity index (χ0v) is 18.6. The number of aromatic nitrogens is 3. The molecule has 5 N–H and O–H groups in total. The van der Waals surface area contributed by atoms with E-state index in [1.807, 2.05) is 39.1 Å². The first-order valence-electron chi connectivity index (χ1n) is 10.0. The molecule has 0 bridgehead atoms. The van der Waals surface area contributed by atoms with Crippen molar-refractivity contribution < 1.29 is 9.53 Å². The lowest BCUT2D eigenvalue weighted by Crippen LogP contribution is -2.40. The molecule has 0 aromatic carbocycles. The van der Waals surface area contributed by atoms with Crippen LogP contribution in [0, 0.1) is 5.41 Å². The molecule has 1 unspecified atom stereocenters. The highest BCUT2D eigenvalue weighted by molar-refractivity contribution is 6.02. The first kappa shape index (κ1) is 23.2. The first-order chi connectivity index (χ1) is 14.3. The van der Waals surface area contributed by atoms with Gasteiger partial charge < -0.3 is 21.5 Å². The highest BCUT2D eigenvalue weighted by atomic mass is 16.5. The molecule has 0 fully saturated rings. The van der Waals surface area contributed by atoms with Crippen molar-refractivity contribution in [2.75, 3.05) is 19.0 Å². The summed E-state index contributed by atoms with van der Waals surface area (Å²) in [6.45, 7) is 10.7. The van der Waals surface area contributed by atoms with Crippen molar-refractivity contribution in [1.82, 2.24) is 14.6 Å². The molecule has 8 nitrogen and oxygen atoms in total. The zero-order valence-electron chi connectivity index (χ0n) is 18.6. The van der Waals surface area contributed by atoms with Gasteiger partial charge in [-0.15, -0.1) is 0 Å². The number of nitrogens with zero attached hydrogens (tertiary/aromatic N) is 3. The summed E-state index contributed by atoms with van der Waals surface area (Å²) >= 11 is 0. The summed E-state index contributed by atoms with van der Waals surface area (Å²) in [6, 6.07) is 5.67. The molecular weight excluding hydrogens is 380 g/mol. The fraction of sp³-hybridized carbons (Fsp3) is 0.409. The smallest absolute Gasteiger partial charge is 0.252 e. The minimum atomic E-state index is -0.538. The second kappa shape index (κ2) is 9.58. The van der Waals surface area contributed by atoms with Crippen LogP contribution in [0.2, 0.25) is 0 Å². The van der Waals surface area contributed by atoms with Crippen LogP contribution in [0.4, 0.5) is 5.69 Å². The fourth-order valence-corrected chi connectivity index (χ4v) is 2.81. The number of primary amides is 1. The highest BCUT2D eigenvalue weighted by Gasteiger charge is 2.26. The summed E-state index contributed by atoms with van der Waals surface area (Å²) in [5, 5.41) is 7.77. The summed E-state index contributed by atoms with van der Waals surface area (Å²) in [7, 11) is 1.58. The minimum absolute atomic E-state index is 0.00260. The molecule has 3 rings (SSSR count). The Morgan fingerprint density at radius 1 is 1.27 bits per heavy atom. The Morgan fingerprint density at radius 2 is 1.97 bits per heavy atom. The Labute approximate surface area is 177 Å². The third kappa shape index (κ3) is 4.71. The molecule has 162 valence electrons. The van der Waals surface area contributed by atoms with Gasteiger partial charge in [-0.25, -0.2) is 9.50 Å². The number of fused-ring (bicyclic) bond motifs is 1. The number of anilines is 1. The molecule has 3 heterocycles. The molecule has 3 aromatic heterocycles. The summed E-state index contributed by atoms with van der Waals surface area (Å²) in [6.07, 6.45) is 5.10. The molecule has 0 saturated carbocycles. The molecule has 1 atom stereocenters. The van der Waals surface area contributed by atoms with Crippen molar-refractivity contribution in [3.63, 3.8) is 0 Å². The van der Waals surface area contributed by atoms with Gasteiger partial charge >= 0.3 is 0 Å². The van der Waals surface area contributed by atoms with Crippen LogP contribution < -0.4 is 21.5 Å². The Balaban J connectivity index is 0.00000155. The number of rotatable bonds is 7. The average Bonchev–Trinajstić information content (AvgIpc) is 3.20. The van der Waals surface area contributed by atoms with Crippen LogP contribution in [0.15, 0.2) is 36.8 Å². The van der Waals surface area contributed by atoms with Crippen molar-refractivity contribution in [2.24, 2.45) is 16.9 Å². The van der Waals surface area contributed by atoms with Gasteiger partial charge in [-0.1, -0.05) is 27.7 Å². The fourth-order valence-electron chi connectivity index (χ4n) is 2.81. The van der Waals surface area contributed by atoms with Gasteiger partial charge in [-0.3, -0.25) is 4.79 Å². The van der Waals surface area contributed by atoms with Crippen LogP contribution in [0.1, 0.15) is 45.0 Å². The number of amides is 1. The molecule has 3 aromatic rings. The molecule has 8 heteroatoms. The Hall–Kier alpha value is -3.13. The quantitative estimate of drug-likeness (QED) is 0.547. The lowest BCUT2D eigenvalue weighted by atomic mass is 9.85. The van der Waals surface area contributed by atoms with Gasteiger partial charge in [0.1, 0.15) is 0 Å². The van der Waals surface area contributed by atoms with Gasteiger partial charge in [-0.2, -0.15) is 5.10 Å². The molecule has 1 amide bonds. The number of nitrogens with two attached hydrogens (primary N) is 2. The third-order valence-corrected chi connectivity index (χ3v) is 5.24. The number of carbonyl (C=O) groups excluding carboxylic acids is 1. The van der Waals surface area contributed by atoms with Crippen LogP contribution in [0.5, 0.6) is 5.88 Å². The van der Waals surface area contributed by atoms with Gasteiger partial charge in [0.15, 0.2) is 0 Å². The summed E-state index contributed by atoms with van der Waals surface area (Å²) < 4.78 is 6.83. The highest BCUT2D eigenvalue weighted by Crippen LogP contribution is 2.31. The van der Waals surface area contributed by atoms with Gasteiger partial charge in [0.25, 0.3) is 5.91 Å². The SMILES string of the molecule is CC.COc1ccc(-c2cc3c(NC(C)C(C)(C)CN)c(C(N)=O)cnn3c2)cn1. The molecule has 30 heavy (non-hydrogen) atoms. The molecule has 0 spiro atoms. The maximum atomic E-state index is 12.0. The maximum Gasteiger partial charge on any atom is 0.252 e. The van der Waals surface area contributed by atoms with Crippen molar-refractivity contribution in [1.29, 1.82) is 0 Å². The van der Waals surface area contributed by atoms with E-state index in [0.29, 0.717) is 23.7 Å². The van der Waals surface area contributed by atoms with E-state index in [2.05, 4.69) is 29.2 Å². The molecular formula is C22H32N6O2. The second-order valence-corrected chi connectivity index (χ2v) is 7.50. The Morgan fingerprint density at radius 3 is 2.50 bits per heavy atom. The lowest BCUT2D eigenvalue weighted by Gasteiger charge is -2.32. The van der Waals surface area contributed by atoms with Gasteiger partial charge in [0.2, 0.25) is 5.88 Å². The number of nitrogens with one attached hydrogen (secondary N) is 1. The first-order valence-corrected chi connectivity index (χ1v) is 10.0. The molecule has 0 radical (unpaired) electrons. The topological polar surface area (TPSA) is 121 Å². The number of carbonyl (C=O) groups is 1. The van der Waals surface area contributed by atoms with Crippen LogP contribution in [-0.2, 0) is 0 Å². The van der Waals surface area contributed by atoms with Crippen LogP contribution in [0.3, 0.4) is 0 Å². The molecule has 0 aliphatic heterocycles. The van der Waals surface area contributed by atoms with Crippen molar-refractivity contribution in [2.45, 2.75) is 40.7 Å². The van der Waals surface area contributed by atoms with E-state index in [1.165, 1.54) is 6.20 Å². The summed E-state index contributed by atoms with van der Waals surface area (Å²) in [5.41, 5.74) is 14.9. The van der Waals surface area contributed by atoms with E-state index in [4.69, 9.17) is 16.2 Å². The van der Waals surface area contributed by atoms with Crippen molar-refractivity contribution >= 4 is 17.1 Å². The Kier molecular flexibility index (Phi) is 7.39. The van der Waals surface area contributed by atoms with Crippen LogP contribution >= 0.6 is 0 Å². The number of hydrogen-bond acceptors (Lipinski definition) is 6. The van der Waals surface area contributed by atoms with E-state index >= 15 is 0 Å². The third-order valence-electron chi connectivity index (χ3n) is 5.24. The van der Waals surface area contributed by atoms with Crippen molar-refractivity contribution in [3.05, 3.63) is 42.4 Å². The Bertz CT molecular complexity index is 995. The van der Waals surface area contributed by atoms with Crippen LogP contribution in [0.25, 0.3) is 16.6 Å². The zero-order chi connectivity index (χ0) is 22.5. The van der Waals surface area contributed by atoms with Crippen LogP contribution in [-0.4, -0.2) is 40.2 Å². The molecule has 0 aliphatic carbocycles. The predicted molar refractivity (Wildman–Crippen MR) is 121 cm³/mol. The molecule has 0 saturated heterocycles. The number of methoxy groups -OCH3 is 1. The average molecular weight is 413 g/mol. The largest absolute Gasteiger partial charge is 0.481 e. The number of ether oxygens (including phenoxy) is 1. The van der Waals surface area contributed by atoms with E-state index < -0.39 is 5.91 Å². The monoisotopic (exact) mass is 412 g/mol. The van der Waals surface area contributed by atoms with E-state index in [9.17, 15) is 4.79 Å². The summed E-state index contributed by atoms with van der Waals surface area (Å²) in [4.78, 5) is 16.2. The standard InChI is InChI=1S/C20H26N6O2.C2H6/c1-12(20(2,3)11-21)25-18-15(19(22)27)9-24-26-10-14(7-16(18)26)13-5-6-17(28-4)23-8-13;1-2/h5-10,12,25H,11,21H2,1-4H3,(H2,22,27);1-2H3. The second-order valence-electron chi connectivity index (χ2n) is 7.50. The lowest BCUT2D eigenvalue weighted by molar-refractivity contribution is 0.100. The van der Waals surface area contributed by atoms with Crippen molar-refractivity contribution in [3.8, 4) is 17.0 Å². The predicted octanol–water partition coefficient (Wildman–Crippen LogP) is 3.32. The minimum Gasteiger partial charge on any atom is -0.481 e. The summed E-state index contributed by atoms with van der Waals surface area (Å²) in [5.74, 6) is 0.00553. The number of pyridine rings is 1.